The Morgan fingerprint density at radius 1 is 1.19 bits per heavy atom. The van der Waals surface area contributed by atoms with Crippen molar-refractivity contribution in [1.29, 1.82) is 0 Å². The second-order valence-corrected chi connectivity index (χ2v) is 8.12. The average Bonchev–Trinajstić information content (AvgIpc) is 3.32. The van der Waals surface area contributed by atoms with Crippen molar-refractivity contribution in [2.24, 2.45) is 5.92 Å². The Labute approximate surface area is 157 Å². The van der Waals surface area contributed by atoms with Crippen LogP contribution < -0.4 is 4.90 Å². The van der Waals surface area contributed by atoms with E-state index in [4.69, 9.17) is 14.7 Å². The third kappa shape index (κ3) is 2.61. The van der Waals surface area contributed by atoms with Gasteiger partial charge in [-0.3, -0.25) is 0 Å². The lowest BCUT2D eigenvalue weighted by molar-refractivity contribution is 0.0462. The molecular formula is C21H23N3OS. The van der Waals surface area contributed by atoms with Gasteiger partial charge in [-0.25, -0.2) is 9.97 Å². The van der Waals surface area contributed by atoms with Crippen molar-refractivity contribution in [3.63, 3.8) is 0 Å². The van der Waals surface area contributed by atoms with Crippen molar-refractivity contribution in [1.82, 2.24) is 9.97 Å². The molecule has 0 radical (unpaired) electrons. The number of fused-ring (bicyclic) bond motifs is 2. The summed E-state index contributed by atoms with van der Waals surface area (Å²) in [5.74, 6) is 3.10. The Morgan fingerprint density at radius 3 is 2.92 bits per heavy atom. The number of thiophene rings is 1. The van der Waals surface area contributed by atoms with Crippen molar-refractivity contribution in [3.05, 3.63) is 53.2 Å². The number of nitrogens with zero attached hydrogens (tertiary/aromatic N) is 3. The summed E-state index contributed by atoms with van der Waals surface area (Å²) in [4.78, 5) is 13.4. The van der Waals surface area contributed by atoms with E-state index in [1.807, 2.05) is 0 Å². The molecule has 0 aliphatic carbocycles. The maximum atomic E-state index is 5.88. The topological polar surface area (TPSA) is 38.2 Å². The maximum absolute atomic E-state index is 5.88. The number of hydrogen-bond acceptors (Lipinski definition) is 5. The lowest BCUT2D eigenvalue weighted by Crippen LogP contribution is -2.39. The van der Waals surface area contributed by atoms with E-state index in [1.54, 1.807) is 11.3 Å². The third-order valence-corrected chi connectivity index (χ3v) is 6.65. The van der Waals surface area contributed by atoms with Crippen LogP contribution in [0.4, 0.5) is 5.82 Å². The molecule has 0 amide bonds. The molecule has 0 bridgehead atoms. The van der Waals surface area contributed by atoms with Gasteiger partial charge in [0.05, 0.1) is 12.0 Å². The van der Waals surface area contributed by atoms with Crippen LogP contribution in [0.25, 0.3) is 10.2 Å². The minimum absolute atomic E-state index is 0.496. The van der Waals surface area contributed by atoms with Crippen LogP contribution in [0, 0.1) is 5.92 Å². The van der Waals surface area contributed by atoms with E-state index < -0.39 is 0 Å². The molecule has 2 saturated heterocycles. The standard InChI is InChI=1S/C21H23N3OS/c1-2-19-22-20(15-9-11-26-21(15)23-19)24-12-16(14-6-4-3-5-7-14)17-13-25-10-8-18(17)24/h3-7,9,11,16-18H,2,8,10,12-13H2,1H3. The first kappa shape index (κ1) is 16.2. The average molecular weight is 366 g/mol. The van der Waals surface area contributed by atoms with E-state index in [9.17, 15) is 0 Å². The smallest absolute Gasteiger partial charge is 0.141 e. The van der Waals surface area contributed by atoms with Crippen molar-refractivity contribution in [3.8, 4) is 0 Å². The van der Waals surface area contributed by atoms with Crippen LogP contribution in [0.1, 0.15) is 30.7 Å². The van der Waals surface area contributed by atoms with Gasteiger partial charge in [-0.15, -0.1) is 11.3 Å². The van der Waals surface area contributed by atoms with Crippen LogP contribution in [0.2, 0.25) is 0 Å². The van der Waals surface area contributed by atoms with Crippen LogP contribution >= 0.6 is 11.3 Å². The molecule has 3 aromatic rings. The Balaban J connectivity index is 1.60. The second kappa shape index (κ2) is 6.63. The van der Waals surface area contributed by atoms with Crippen LogP contribution in [0.3, 0.4) is 0 Å². The molecule has 2 fully saturated rings. The highest BCUT2D eigenvalue weighted by atomic mass is 32.1. The van der Waals surface area contributed by atoms with Gasteiger partial charge in [0, 0.05) is 37.5 Å². The molecule has 3 atom stereocenters. The summed E-state index contributed by atoms with van der Waals surface area (Å²) in [6.45, 7) is 4.83. The minimum Gasteiger partial charge on any atom is -0.381 e. The highest BCUT2D eigenvalue weighted by Crippen LogP contribution is 2.44. The molecule has 2 aliphatic rings. The summed E-state index contributed by atoms with van der Waals surface area (Å²) in [5, 5.41) is 3.33. The summed E-state index contributed by atoms with van der Waals surface area (Å²) in [6, 6.07) is 13.6. The predicted octanol–water partition coefficient (Wildman–Crippen LogP) is 4.26. The first-order chi connectivity index (χ1) is 12.8. The molecule has 3 unspecified atom stereocenters. The molecule has 0 spiro atoms. The third-order valence-electron chi connectivity index (χ3n) is 5.84. The zero-order valence-corrected chi connectivity index (χ0v) is 15.8. The Hall–Kier alpha value is -1.98. The van der Waals surface area contributed by atoms with Crippen LogP contribution in [-0.4, -0.2) is 35.8 Å². The Kier molecular flexibility index (Phi) is 4.14. The molecule has 5 heteroatoms. The van der Waals surface area contributed by atoms with Gasteiger partial charge in [-0.05, 0) is 23.4 Å². The van der Waals surface area contributed by atoms with Gasteiger partial charge in [0.25, 0.3) is 0 Å². The lowest BCUT2D eigenvalue weighted by Gasteiger charge is -2.33. The lowest BCUT2D eigenvalue weighted by atomic mass is 9.84. The highest BCUT2D eigenvalue weighted by molar-refractivity contribution is 7.16. The maximum Gasteiger partial charge on any atom is 0.141 e. The zero-order valence-electron chi connectivity index (χ0n) is 15.0. The van der Waals surface area contributed by atoms with E-state index in [-0.39, 0.29) is 0 Å². The van der Waals surface area contributed by atoms with Crippen molar-refractivity contribution >= 4 is 27.4 Å². The number of aryl methyl sites for hydroxylation is 1. The van der Waals surface area contributed by atoms with Crippen LogP contribution in [0.15, 0.2) is 41.8 Å². The number of benzene rings is 1. The van der Waals surface area contributed by atoms with E-state index in [0.717, 1.165) is 49.1 Å². The molecule has 1 aromatic carbocycles. The normalized spacial score (nSPS) is 25.6. The number of rotatable bonds is 3. The number of aromatic nitrogens is 2. The van der Waals surface area contributed by atoms with E-state index in [0.29, 0.717) is 17.9 Å². The van der Waals surface area contributed by atoms with Gasteiger partial charge >= 0.3 is 0 Å². The van der Waals surface area contributed by atoms with Gasteiger partial charge in [0.2, 0.25) is 0 Å². The molecule has 0 saturated carbocycles. The van der Waals surface area contributed by atoms with Crippen LogP contribution in [-0.2, 0) is 11.2 Å². The summed E-state index contributed by atoms with van der Waals surface area (Å²) >= 11 is 1.71. The zero-order chi connectivity index (χ0) is 17.5. The SMILES string of the molecule is CCc1nc(N2CC(c3ccccc3)C3COCCC32)c2ccsc2n1. The molecule has 4 heterocycles. The molecule has 5 rings (SSSR count). The monoisotopic (exact) mass is 365 g/mol. The molecule has 2 aliphatic heterocycles. The molecule has 4 nitrogen and oxygen atoms in total. The first-order valence-electron chi connectivity index (χ1n) is 9.48. The summed E-state index contributed by atoms with van der Waals surface area (Å²) in [5.41, 5.74) is 1.42. The number of hydrogen-bond donors (Lipinski definition) is 0. The fourth-order valence-electron chi connectivity index (χ4n) is 4.56. The van der Waals surface area contributed by atoms with E-state index in [1.165, 1.54) is 10.9 Å². The first-order valence-corrected chi connectivity index (χ1v) is 10.4. The summed E-state index contributed by atoms with van der Waals surface area (Å²) in [6.07, 6.45) is 1.94. The van der Waals surface area contributed by atoms with Gasteiger partial charge in [0.15, 0.2) is 0 Å². The predicted molar refractivity (Wildman–Crippen MR) is 106 cm³/mol. The van der Waals surface area contributed by atoms with E-state index >= 15 is 0 Å². The number of anilines is 1. The summed E-state index contributed by atoms with van der Waals surface area (Å²) in [7, 11) is 0. The van der Waals surface area contributed by atoms with Crippen molar-refractivity contribution in [2.45, 2.75) is 31.7 Å². The fraction of sp³-hybridized carbons (Fsp3) is 0.429. The quantitative estimate of drug-likeness (QED) is 0.695. The highest BCUT2D eigenvalue weighted by Gasteiger charge is 2.45. The molecular weight excluding hydrogens is 342 g/mol. The molecule has 26 heavy (non-hydrogen) atoms. The molecule has 0 N–H and O–H groups in total. The molecule has 2 aromatic heterocycles. The minimum atomic E-state index is 0.496. The van der Waals surface area contributed by atoms with Crippen molar-refractivity contribution in [2.75, 3.05) is 24.7 Å². The van der Waals surface area contributed by atoms with Gasteiger partial charge in [-0.1, -0.05) is 37.3 Å². The number of ether oxygens (including phenoxy) is 1. The fourth-order valence-corrected chi connectivity index (χ4v) is 5.34. The van der Waals surface area contributed by atoms with Gasteiger partial charge in [0.1, 0.15) is 16.5 Å². The van der Waals surface area contributed by atoms with Gasteiger partial charge < -0.3 is 9.64 Å². The van der Waals surface area contributed by atoms with E-state index in [2.05, 4.69) is 53.6 Å². The van der Waals surface area contributed by atoms with Crippen LogP contribution in [0.5, 0.6) is 0 Å². The molecule has 134 valence electrons. The summed E-state index contributed by atoms with van der Waals surface area (Å²) < 4.78 is 5.88. The Bertz CT molecular complexity index is 910. The second-order valence-electron chi connectivity index (χ2n) is 7.22. The van der Waals surface area contributed by atoms with Crippen molar-refractivity contribution < 1.29 is 4.74 Å². The largest absolute Gasteiger partial charge is 0.381 e. The Morgan fingerprint density at radius 2 is 2.08 bits per heavy atom. The van der Waals surface area contributed by atoms with Gasteiger partial charge in [-0.2, -0.15) is 0 Å².